The number of carbonyl (C=O) groups excluding carboxylic acids is 1. The maximum Gasteiger partial charge on any atom is 0.234 e. The molecule has 1 unspecified atom stereocenters. The Bertz CT molecular complexity index is 388. The first-order valence-corrected chi connectivity index (χ1v) is 5.02. The van der Waals surface area contributed by atoms with Gasteiger partial charge >= 0.3 is 0 Å². The Hall–Kier alpha value is -1.20. The number of benzene rings is 1. The van der Waals surface area contributed by atoms with Gasteiger partial charge in [-0.15, -0.1) is 12.4 Å². The minimum Gasteiger partial charge on any atom is -0.348 e. The third-order valence-corrected chi connectivity index (χ3v) is 2.27. The molecule has 1 atom stereocenters. The summed E-state index contributed by atoms with van der Waals surface area (Å²) in [5.74, 6) is -1.67. The van der Waals surface area contributed by atoms with Gasteiger partial charge in [-0.05, 0) is 12.5 Å². The van der Waals surface area contributed by atoms with Crippen LogP contribution >= 0.6 is 12.4 Å². The SMILES string of the molecule is CCC(NC(=O)CN)c1ccc(F)cc1F.Cl. The van der Waals surface area contributed by atoms with Gasteiger partial charge in [0, 0.05) is 11.6 Å². The van der Waals surface area contributed by atoms with Gasteiger partial charge in [0.05, 0.1) is 12.6 Å². The normalized spacial score (nSPS) is 11.5. The molecule has 3 N–H and O–H groups in total. The molecule has 1 aromatic rings. The van der Waals surface area contributed by atoms with E-state index in [1.165, 1.54) is 6.07 Å². The predicted molar refractivity (Wildman–Crippen MR) is 63.8 cm³/mol. The first-order valence-electron chi connectivity index (χ1n) is 5.02. The summed E-state index contributed by atoms with van der Waals surface area (Å²) < 4.78 is 26.1. The largest absolute Gasteiger partial charge is 0.348 e. The summed E-state index contributed by atoms with van der Waals surface area (Å²) in [6.07, 6.45) is 0.508. The predicted octanol–water partition coefficient (Wildman–Crippen LogP) is 1.91. The monoisotopic (exact) mass is 264 g/mol. The second-order valence-electron chi connectivity index (χ2n) is 3.40. The summed E-state index contributed by atoms with van der Waals surface area (Å²) in [6.45, 7) is 1.64. The van der Waals surface area contributed by atoms with Gasteiger partial charge in [0.2, 0.25) is 5.91 Å². The highest BCUT2D eigenvalue weighted by molar-refractivity contribution is 5.85. The van der Waals surface area contributed by atoms with Crippen LogP contribution in [0.3, 0.4) is 0 Å². The quantitative estimate of drug-likeness (QED) is 0.873. The minimum atomic E-state index is -0.663. The van der Waals surface area contributed by atoms with Crippen LogP contribution in [-0.4, -0.2) is 12.5 Å². The summed E-state index contributed by atoms with van der Waals surface area (Å²) in [7, 11) is 0. The molecule has 1 aromatic carbocycles. The van der Waals surface area contributed by atoms with Crippen LogP contribution in [-0.2, 0) is 4.79 Å². The number of carbonyl (C=O) groups is 1. The fourth-order valence-electron chi connectivity index (χ4n) is 1.44. The Morgan fingerprint density at radius 3 is 2.59 bits per heavy atom. The van der Waals surface area contributed by atoms with Crippen LogP contribution in [0.1, 0.15) is 24.9 Å². The van der Waals surface area contributed by atoms with Crippen molar-refractivity contribution in [1.29, 1.82) is 0 Å². The topological polar surface area (TPSA) is 55.1 Å². The molecule has 6 heteroatoms. The van der Waals surface area contributed by atoms with Gasteiger partial charge in [-0.25, -0.2) is 8.78 Å². The summed E-state index contributed by atoms with van der Waals surface area (Å²) >= 11 is 0. The van der Waals surface area contributed by atoms with Crippen molar-refractivity contribution >= 4 is 18.3 Å². The molecular weight excluding hydrogens is 250 g/mol. The Labute approximate surface area is 105 Å². The molecule has 3 nitrogen and oxygen atoms in total. The second-order valence-corrected chi connectivity index (χ2v) is 3.40. The molecule has 0 aliphatic rings. The summed E-state index contributed by atoms with van der Waals surface area (Å²) in [4.78, 5) is 11.1. The van der Waals surface area contributed by atoms with E-state index in [9.17, 15) is 13.6 Å². The van der Waals surface area contributed by atoms with Crippen molar-refractivity contribution in [2.45, 2.75) is 19.4 Å². The molecule has 0 bridgehead atoms. The molecule has 0 aliphatic carbocycles. The third-order valence-electron chi connectivity index (χ3n) is 2.27. The highest BCUT2D eigenvalue weighted by Crippen LogP contribution is 2.20. The van der Waals surface area contributed by atoms with Gasteiger partial charge in [0.15, 0.2) is 0 Å². The summed E-state index contributed by atoms with van der Waals surface area (Å²) in [5, 5.41) is 2.57. The average Bonchev–Trinajstić information content (AvgIpc) is 2.26. The lowest BCUT2D eigenvalue weighted by molar-refractivity contribution is -0.120. The van der Waals surface area contributed by atoms with Crippen molar-refractivity contribution in [1.82, 2.24) is 5.32 Å². The van der Waals surface area contributed by atoms with E-state index in [1.807, 2.05) is 0 Å². The molecule has 1 rings (SSSR count). The molecule has 0 heterocycles. The Kier molecular flexibility index (Phi) is 6.68. The average molecular weight is 265 g/mol. The van der Waals surface area contributed by atoms with Crippen molar-refractivity contribution in [3.05, 3.63) is 35.4 Å². The van der Waals surface area contributed by atoms with Gasteiger partial charge in [0.1, 0.15) is 11.6 Å². The molecule has 0 saturated carbocycles. The van der Waals surface area contributed by atoms with Crippen LogP contribution in [0.4, 0.5) is 8.78 Å². The molecule has 0 radical (unpaired) electrons. The summed E-state index contributed by atoms with van der Waals surface area (Å²) in [6, 6.07) is 2.81. The number of rotatable bonds is 4. The van der Waals surface area contributed by atoms with Gasteiger partial charge in [-0.2, -0.15) is 0 Å². The smallest absolute Gasteiger partial charge is 0.234 e. The van der Waals surface area contributed by atoms with Crippen LogP contribution in [0.25, 0.3) is 0 Å². The van der Waals surface area contributed by atoms with Crippen molar-refractivity contribution in [3.8, 4) is 0 Å². The first kappa shape index (κ1) is 15.8. The number of hydrogen-bond donors (Lipinski definition) is 2. The molecule has 0 fully saturated rings. The van der Waals surface area contributed by atoms with Crippen LogP contribution in [0, 0.1) is 11.6 Å². The molecular formula is C11H15ClF2N2O. The fraction of sp³-hybridized carbons (Fsp3) is 0.364. The van der Waals surface area contributed by atoms with Gasteiger partial charge < -0.3 is 11.1 Å². The molecule has 1 amide bonds. The van der Waals surface area contributed by atoms with E-state index < -0.39 is 17.7 Å². The first-order chi connectivity index (χ1) is 7.58. The third kappa shape index (κ3) is 4.28. The van der Waals surface area contributed by atoms with E-state index in [4.69, 9.17) is 5.73 Å². The highest BCUT2D eigenvalue weighted by Gasteiger charge is 2.16. The van der Waals surface area contributed by atoms with Crippen molar-refractivity contribution in [2.75, 3.05) is 6.54 Å². The highest BCUT2D eigenvalue weighted by atomic mass is 35.5. The molecule has 0 spiro atoms. The van der Waals surface area contributed by atoms with Crippen LogP contribution < -0.4 is 11.1 Å². The number of amides is 1. The maximum absolute atomic E-state index is 13.4. The molecule has 0 aromatic heterocycles. The van der Waals surface area contributed by atoms with E-state index in [-0.39, 0.29) is 30.4 Å². The number of nitrogens with two attached hydrogens (primary N) is 1. The van der Waals surface area contributed by atoms with Gasteiger partial charge in [0.25, 0.3) is 0 Å². The lowest BCUT2D eigenvalue weighted by atomic mass is 10.0. The molecule has 0 saturated heterocycles. The van der Waals surface area contributed by atoms with Crippen LogP contribution in [0.5, 0.6) is 0 Å². The van der Waals surface area contributed by atoms with E-state index in [0.29, 0.717) is 6.42 Å². The molecule has 17 heavy (non-hydrogen) atoms. The van der Waals surface area contributed by atoms with E-state index in [1.54, 1.807) is 6.92 Å². The summed E-state index contributed by atoms with van der Waals surface area (Å²) in [5.41, 5.74) is 5.42. The van der Waals surface area contributed by atoms with E-state index in [2.05, 4.69) is 5.32 Å². The van der Waals surface area contributed by atoms with Crippen molar-refractivity contribution < 1.29 is 13.6 Å². The van der Waals surface area contributed by atoms with E-state index in [0.717, 1.165) is 12.1 Å². The zero-order chi connectivity index (χ0) is 12.1. The zero-order valence-electron chi connectivity index (χ0n) is 9.37. The van der Waals surface area contributed by atoms with Crippen LogP contribution in [0.15, 0.2) is 18.2 Å². The number of halogens is 3. The standard InChI is InChI=1S/C11H14F2N2O.ClH/c1-2-10(15-11(16)6-14)8-4-3-7(12)5-9(8)13;/h3-5,10H,2,6,14H2,1H3,(H,15,16);1H. The zero-order valence-corrected chi connectivity index (χ0v) is 10.2. The van der Waals surface area contributed by atoms with Crippen LogP contribution in [0.2, 0.25) is 0 Å². The fourth-order valence-corrected chi connectivity index (χ4v) is 1.44. The minimum absolute atomic E-state index is 0. The Morgan fingerprint density at radius 2 is 2.12 bits per heavy atom. The molecule has 96 valence electrons. The van der Waals surface area contributed by atoms with Crippen molar-refractivity contribution in [3.63, 3.8) is 0 Å². The second kappa shape index (κ2) is 7.19. The van der Waals surface area contributed by atoms with Gasteiger partial charge in [-0.3, -0.25) is 4.79 Å². The number of hydrogen-bond acceptors (Lipinski definition) is 2. The maximum atomic E-state index is 13.4. The van der Waals surface area contributed by atoms with Gasteiger partial charge in [-0.1, -0.05) is 13.0 Å². The Morgan fingerprint density at radius 1 is 1.47 bits per heavy atom. The van der Waals surface area contributed by atoms with Crippen molar-refractivity contribution in [2.24, 2.45) is 5.73 Å². The Balaban J connectivity index is 0.00000256. The lowest BCUT2D eigenvalue weighted by Gasteiger charge is -2.17. The van der Waals surface area contributed by atoms with E-state index >= 15 is 0 Å². The number of nitrogens with one attached hydrogen (secondary N) is 1. The lowest BCUT2D eigenvalue weighted by Crippen LogP contribution is -2.33. The molecule has 0 aliphatic heterocycles.